The van der Waals surface area contributed by atoms with Crippen LogP contribution in [-0.4, -0.2) is 88.4 Å². The van der Waals surface area contributed by atoms with Crippen molar-refractivity contribution >= 4 is 17.7 Å². The van der Waals surface area contributed by atoms with E-state index in [0.717, 1.165) is 31.0 Å². The van der Waals surface area contributed by atoms with Crippen molar-refractivity contribution in [2.45, 2.75) is 53.9 Å². The minimum Gasteiger partial charge on any atom is -0.379 e. The van der Waals surface area contributed by atoms with Crippen LogP contribution in [0.1, 0.15) is 53.9 Å². The fraction of sp³-hybridized carbons (Fsp3) is 0.800. The van der Waals surface area contributed by atoms with Crippen molar-refractivity contribution in [2.24, 2.45) is 10.8 Å². The molecule has 0 atom stereocenters. The van der Waals surface area contributed by atoms with Gasteiger partial charge in [-0.1, -0.05) is 34.6 Å². The van der Waals surface area contributed by atoms with Gasteiger partial charge in [-0.3, -0.25) is 19.3 Å². The number of carbonyl (C=O) groups is 3. The summed E-state index contributed by atoms with van der Waals surface area (Å²) < 4.78 is 16.6. The normalized spacial score (nSPS) is 14.3. The molecule has 0 aliphatic carbocycles. The predicted octanol–water partition coefficient (Wildman–Crippen LogP) is 1.91. The molecule has 3 amide bonds. The van der Waals surface area contributed by atoms with Gasteiger partial charge in [-0.15, -0.1) is 0 Å². The Labute approximate surface area is 204 Å². The van der Waals surface area contributed by atoms with Gasteiger partial charge in [0, 0.05) is 51.4 Å². The van der Waals surface area contributed by atoms with E-state index >= 15 is 0 Å². The molecule has 0 bridgehead atoms. The number of rotatable bonds is 19. The maximum Gasteiger partial charge on any atom is 0.253 e. The third-order valence-electron chi connectivity index (χ3n) is 6.23. The molecule has 0 saturated carbocycles. The average Bonchev–Trinajstić information content (AvgIpc) is 3.08. The molecule has 0 aromatic carbocycles. The largest absolute Gasteiger partial charge is 0.379 e. The molecule has 1 rings (SSSR count). The van der Waals surface area contributed by atoms with Gasteiger partial charge >= 0.3 is 0 Å². The Bertz CT molecular complexity index is 640. The number of amides is 3. The molecule has 0 spiro atoms. The van der Waals surface area contributed by atoms with Crippen LogP contribution < -0.4 is 10.6 Å². The van der Waals surface area contributed by atoms with Crippen molar-refractivity contribution < 1.29 is 28.6 Å². The number of carbonyl (C=O) groups excluding carboxylic acids is 3. The molecule has 0 radical (unpaired) electrons. The first kappa shape index (κ1) is 30.2. The molecular weight excluding hydrogens is 438 g/mol. The molecule has 1 aliphatic heterocycles. The molecule has 0 fully saturated rings. The van der Waals surface area contributed by atoms with E-state index in [1.165, 1.54) is 12.2 Å². The number of hydrogen-bond acceptors (Lipinski definition) is 7. The lowest BCUT2D eigenvalue weighted by molar-refractivity contribution is -0.137. The monoisotopic (exact) mass is 483 g/mol. The number of nitrogens with zero attached hydrogens (tertiary/aromatic N) is 1. The highest BCUT2D eigenvalue weighted by molar-refractivity contribution is 6.13. The van der Waals surface area contributed by atoms with Crippen molar-refractivity contribution in [2.75, 3.05) is 65.8 Å². The zero-order valence-corrected chi connectivity index (χ0v) is 21.7. The standard InChI is InChI=1S/C25H45N3O6/c1-24(2,3)25(4,5)20-26-11-6-14-32-16-18-34-19-17-33-15-7-12-27-21(29)10-13-28-22(30)8-9-23(28)31/h8-9,26H,6-7,10-20H2,1-5H3,(H,27,29). The Hall–Kier alpha value is -1.81. The van der Waals surface area contributed by atoms with Gasteiger partial charge in [-0.05, 0) is 30.2 Å². The van der Waals surface area contributed by atoms with Gasteiger partial charge in [-0.2, -0.15) is 0 Å². The highest BCUT2D eigenvalue weighted by Crippen LogP contribution is 2.36. The van der Waals surface area contributed by atoms with Crippen molar-refractivity contribution in [1.29, 1.82) is 0 Å². The Kier molecular flexibility index (Phi) is 14.2. The van der Waals surface area contributed by atoms with Gasteiger partial charge < -0.3 is 24.8 Å². The quantitative estimate of drug-likeness (QED) is 0.214. The number of hydrogen-bond donors (Lipinski definition) is 2. The summed E-state index contributed by atoms with van der Waals surface area (Å²) in [5, 5.41) is 6.27. The summed E-state index contributed by atoms with van der Waals surface area (Å²) in [5.74, 6) is -0.938. The summed E-state index contributed by atoms with van der Waals surface area (Å²) in [6, 6.07) is 0. The topological polar surface area (TPSA) is 106 Å². The summed E-state index contributed by atoms with van der Waals surface area (Å²) in [6.45, 7) is 17.3. The van der Waals surface area contributed by atoms with Gasteiger partial charge in [0.1, 0.15) is 0 Å². The lowest BCUT2D eigenvalue weighted by Gasteiger charge is -2.39. The van der Waals surface area contributed by atoms with Gasteiger partial charge in [0.15, 0.2) is 0 Å². The first-order valence-corrected chi connectivity index (χ1v) is 12.3. The van der Waals surface area contributed by atoms with Crippen molar-refractivity contribution in [1.82, 2.24) is 15.5 Å². The summed E-state index contributed by atoms with van der Waals surface area (Å²) in [5.41, 5.74) is 0.514. The fourth-order valence-corrected chi connectivity index (χ4v) is 2.86. The van der Waals surface area contributed by atoms with Crippen LogP contribution in [0.4, 0.5) is 0 Å². The fourth-order valence-electron chi connectivity index (χ4n) is 2.86. The van der Waals surface area contributed by atoms with Crippen molar-refractivity contribution in [3.05, 3.63) is 12.2 Å². The van der Waals surface area contributed by atoms with E-state index in [1.54, 1.807) is 0 Å². The highest BCUT2D eigenvalue weighted by atomic mass is 16.5. The van der Waals surface area contributed by atoms with Crippen LogP contribution in [0.2, 0.25) is 0 Å². The Morgan fingerprint density at radius 2 is 1.32 bits per heavy atom. The van der Waals surface area contributed by atoms with Crippen LogP contribution in [0.15, 0.2) is 12.2 Å². The Morgan fingerprint density at radius 1 is 0.824 bits per heavy atom. The molecule has 0 aromatic heterocycles. The number of nitrogens with one attached hydrogen (secondary N) is 2. The van der Waals surface area contributed by atoms with Crippen LogP contribution in [0.5, 0.6) is 0 Å². The van der Waals surface area contributed by atoms with E-state index in [9.17, 15) is 14.4 Å². The van der Waals surface area contributed by atoms with Crippen LogP contribution in [0.25, 0.3) is 0 Å². The Balaban J connectivity index is 1.81. The number of imide groups is 1. The number of ether oxygens (including phenoxy) is 3. The average molecular weight is 484 g/mol. The second kappa shape index (κ2) is 16.0. The summed E-state index contributed by atoms with van der Waals surface area (Å²) in [7, 11) is 0. The second-order valence-corrected chi connectivity index (χ2v) is 10.1. The molecule has 0 unspecified atom stereocenters. The molecule has 9 heteroatoms. The van der Waals surface area contributed by atoms with Crippen LogP contribution >= 0.6 is 0 Å². The van der Waals surface area contributed by atoms with Crippen molar-refractivity contribution in [3.63, 3.8) is 0 Å². The van der Waals surface area contributed by atoms with Crippen molar-refractivity contribution in [3.8, 4) is 0 Å². The molecule has 1 aliphatic rings. The molecular formula is C25H45N3O6. The van der Waals surface area contributed by atoms with Crippen LogP contribution in [0.3, 0.4) is 0 Å². The first-order chi connectivity index (χ1) is 16.0. The first-order valence-electron chi connectivity index (χ1n) is 12.3. The lowest BCUT2D eigenvalue weighted by atomic mass is 9.69. The lowest BCUT2D eigenvalue weighted by Crippen LogP contribution is -2.39. The van der Waals surface area contributed by atoms with E-state index in [2.05, 4.69) is 45.3 Å². The van der Waals surface area contributed by atoms with Gasteiger partial charge in [-0.25, -0.2) is 0 Å². The molecule has 0 aromatic rings. The minimum atomic E-state index is -0.372. The van der Waals surface area contributed by atoms with E-state index in [1.807, 2.05) is 0 Å². The Morgan fingerprint density at radius 3 is 1.85 bits per heavy atom. The molecule has 1 heterocycles. The molecule has 9 nitrogen and oxygen atoms in total. The zero-order valence-electron chi connectivity index (χ0n) is 21.7. The molecule has 0 saturated heterocycles. The summed E-state index contributed by atoms with van der Waals surface area (Å²) in [6.07, 6.45) is 4.18. The van der Waals surface area contributed by atoms with E-state index in [-0.39, 0.29) is 41.5 Å². The van der Waals surface area contributed by atoms with Gasteiger partial charge in [0.05, 0.1) is 26.4 Å². The zero-order chi connectivity index (χ0) is 25.5. The maximum atomic E-state index is 11.8. The third-order valence-corrected chi connectivity index (χ3v) is 6.23. The van der Waals surface area contributed by atoms with E-state index in [4.69, 9.17) is 14.2 Å². The molecule has 2 N–H and O–H groups in total. The van der Waals surface area contributed by atoms with Crippen LogP contribution in [0, 0.1) is 10.8 Å². The van der Waals surface area contributed by atoms with E-state index in [0.29, 0.717) is 46.0 Å². The second-order valence-electron chi connectivity index (χ2n) is 10.1. The summed E-state index contributed by atoms with van der Waals surface area (Å²) >= 11 is 0. The van der Waals surface area contributed by atoms with Gasteiger partial charge in [0.25, 0.3) is 11.8 Å². The minimum absolute atomic E-state index is 0.0980. The maximum absolute atomic E-state index is 11.8. The molecule has 34 heavy (non-hydrogen) atoms. The highest BCUT2D eigenvalue weighted by Gasteiger charge is 2.31. The van der Waals surface area contributed by atoms with Crippen LogP contribution in [-0.2, 0) is 28.6 Å². The third kappa shape index (κ3) is 12.6. The SMILES string of the molecule is CC(C)(C)C(C)(C)CNCCCOCCOCCOCCCNC(=O)CCN1C(=O)C=CC1=O. The summed E-state index contributed by atoms with van der Waals surface area (Å²) in [4.78, 5) is 35.6. The van der Waals surface area contributed by atoms with E-state index < -0.39 is 0 Å². The molecule has 196 valence electrons. The van der Waals surface area contributed by atoms with Gasteiger partial charge in [0.2, 0.25) is 5.91 Å². The smallest absolute Gasteiger partial charge is 0.253 e. The predicted molar refractivity (Wildman–Crippen MR) is 131 cm³/mol.